The largest absolute Gasteiger partial charge is 0.462 e. The maximum Gasteiger partial charge on any atom is 0.341 e. The van der Waals surface area contributed by atoms with Crippen molar-refractivity contribution in [2.24, 2.45) is 0 Å². The van der Waals surface area contributed by atoms with Crippen LogP contribution >= 0.6 is 11.3 Å². The highest BCUT2D eigenvalue weighted by molar-refractivity contribution is 7.17. The summed E-state index contributed by atoms with van der Waals surface area (Å²) >= 11 is 1.39. The van der Waals surface area contributed by atoms with Gasteiger partial charge in [0.2, 0.25) is 0 Å². The SMILES string of the molecule is CCOC(=O)c1c(NC(=O)COC(=O)c2ccc3nc(-c4cccnc4)[nH]c3c2)sc2c1CCCC2. The van der Waals surface area contributed by atoms with E-state index in [2.05, 4.69) is 20.3 Å². The van der Waals surface area contributed by atoms with Gasteiger partial charge in [-0.05, 0) is 68.5 Å². The van der Waals surface area contributed by atoms with Crippen LogP contribution in [0.15, 0.2) is 42.7 Å². The molecular weight excluding hydrogens is 480 g/mol. The highest BCUT2D eigenvalue weighted by Crippen LogP contribution is 2.38. The molecule has 0 saturated heterocycles. The molecule has 0 fully saturated rings. The van der Waals surface area contributed by atoms with Crippen molar-refractivity contribution in [3.05, 3.63) is 64.3 Å². The summed E-state index contributed by atoms with van der Waals surface area (Å²) in [5, 5.41) is 3.19. The Balaban J connectivity index is 1.26. The molecule has 9 nitrogen and oxygen atoms in total. The van der Waals surface area contributed by atoms with Crippen LogP contribution in [0.3, 0.4) is 0 Å². The number of rotatable bonds is 7. The Labute approximate surface area is 210 Å². The number of nitrogens with zero attached hydrogens (tertiary/aromatic N) is 2. The predicted octanol–water partition coefficient (Wildman–Crippen LogP) is 4.54. The Morgan fingerprint density at radius 1 is 1.11 bits per heavy atom. The second-order valence-corrected chi connectivity index (χ2v) is 9.42. The lowest BCUT2D eigenvalue weighted by Crippen LogP contribution is -2.22. The monoisotopic (exact) mass is 504 g/mol. The molecule has 3 heterocycles. The molecule has 5 rings (SSSR count). The van der Waals surface area contributed by atoms with E-state index in [-0.39, 0.29) is 12.2 Å². The molecule has 0 spiro atoms. The zero-order valence-electron chi connectivity index (χ0n) is 19.6. The number of thiophene rings is 1. The predicted molar refractivity (Wildman–Crippen MR) is 135 cm³/mol. The third kappa shape index (κ3) is 4.85. The number of imidazole rings is 1. The summed E-state index contributed by atoms with van der Waals surface area (Å²) in [6, 6.07) is 8.65. The molecule has 0 unspecified atom stereocenters. The molecule has 1 amide bonds. The summed E-state index contributed by atoms with van der Waals surface area (Å²) in [4.78, 5) is 50.7. The molecule has 184 valence electrons. The molecule has 10 heteroatoms. The number of nitrogens with one attached hydrogen (secondary N) is 2. The van der Waals surface area contributed by atoms with Gasteiger partial charge in [-0.15, -0.1) is 11.3 Å². The fraction of sp³-hybridized carbons (Fsp3) is 0.269. The molecule has 2 N–H and O–H groups in total. The van der Waals surface area contributed by atoms with E-state index in [1.54, 1.807) is 37.5 Å². The number of ether oxygens (including phenoxy) is 2. The van der Waals surface area contributed by atoms with Gasteiger partial charge in [-0.25, -0.2) is 14.6 Å². The lowest BCUT2D eigenvalue weighted by molar-refractivity contribution is -0.119. The average molecular weight is 505 g/mol. The van der Waals surface area contributed by atoms with E-state index in [0.29, 0.717) is 27.4 Å². The topological polar surface area (TPSA) is 123 Å². The number of aromatic nitrogens is 3. The number of carbonyl (C=O) groups excluding carboxylic acids is 3. The van der Waals surface area contributed by atoms with Crippen molar-refractivity contribution in [1.29, 1.82) is 0 Å². The maximum absolute atomic E-state index is 12.6. The number of H-pyrrole nitrogens is 1. The zero-order chi connectivity index (χ0) is 25.1. The van der Waals surface area contributed by atoms with Crippen LogP contribution in [0.1, 0.15) is 50.9 Å². The summed E-state index contributed by atoms with van der Waals surface area (Å²) in [6.07, 6.45) is 7.07. The Bertz CT molecular complexity index is 1440. The second-order valence-electron chi connectivity index (χ2n) is 8.32. The number of hydrogen-bond donors (Lipinski definition) is 2. The second kappa shape index (κ2) is 10.3. The Kier molecular flexibility index (Phi) is 6.77. The van der Waals surface area contributed by atoms with Gasteiger partial charge >= 0.3 is 11.9 Å². The first kappa shape index (κ1) is 23.7. The van der Waals surface area contributed by atoms with Crippen LogP contribution in [-0.4, -0.2) is 46.0 Å². The minimum atomic E-state index is -0.638. The van der Waals surface area contributed by atoms with Gasteiger partial charge in [0.25, 0.3) is 5.91 Å². The van der Waals surface area contributed by atoms with Gasteiger partial charge in [-0.2, -0.15) is 0 Å². The van der Waals surface area contributed by atoms with Crippen molar-refractivity contribution >= 4 is 45.2 Å². The molecule has 36 heavy (non-hydrogen) atoms. The molecule has 1 aromatic carbocycles. The molecule has 1 aliphatic carbocycles. The smallest absolute Gasteiger partial charge is 0.341 e. The van der Waals surface area contributed by atoms with Gasteiger partial charge in [-0.3, -0.25) is 9.78 Å². The Hall–Kier alpha value is -4.05. The van der Waals surface area contributed by atoms with Gasteiger partial charge in [0, 0.05) is 22.8 Å². The molecular formula is C26H24N4O5S. The Morgan fingerprint density at radius 2 is 1.97 bits per heavy atom. The van der Waals surface area contributed by atoms with Gasteiger partial charge in [-0.1, -0.05) is 0 Å². The number of esters is 2. The third-order valence-electron chi connectivity index (χ3n) is 5.89. The van der Waals surface area contributed by atoms with Crippen molar-refractivity contribution in [2.75, 3.05) is 18.5 Å². The molecule has 4 aromatic rings. The minimum Gasteiger partial charge on any atom is -0.462 e. The van der Waals surface area contributed by atoms with Crippen LogP contribution < -0.4 is 5.32 Å². The standard InChI is InChI=1S/C26H24N4O5S/c1-2-34-26(33)22-17-7-3-4-8-20(17)36-24(22)30-21(31)14-35-25(32)15-9-10-18-19(12-15)29-23(28-18)16-6-5-11-27-13-16/h5-6,9-13H,2-4,7-8,14H2,1H3,(H,28,29)(H,30,31). The van der Waals surface area contributed by atoms with Crippen molar-refractivity contribution in [3.8, 4) is 11.4 Å². The van der Waals surface area contributed by atoms with Gasteiger partial charge < -0.3 is 19.8 Å². The molecule has 0 aliphatic heterocycles. The van der Waals surface area contributed by atoms with Crippen molar-refractivity contribution in [2.45, 2.75) is 32.6 Å². The molecule has 3 aromatic heterocycles. The van der Waals surface area contributed by atoms with E-state index in [4.69, 9.17) is 9.47 Å². The van der Waals surface area contributed by atoms with E-state index in [0.717, 1.165) is 41.7 Å². The molecule has 1 aliphatic rings. The van der Waals surface area contributed by atoms with Crippen LogP contribution in [0.2, 0.25) is 0 Å². The fourth-order valence-corrected chi connectivity index (χ4v) is 5.52. The number of anilines is 1. The minimum absolute atomic E-state index is 0.249. The first-order chi connectivity index (χ1) is 17.5. The van der Waals surface area contributed by atoms with E-state index in [1.165, 1.54) is 11.3 Å². The number of pyridine rings is 1. The number of fused-ring (bicyclic) bond motifs is 2. The fourth-order valence-electron chi connectivity index (χ4n) is 4.23. The zero-order valence-corrected chi connectivity index (χ0v) is 20.4. The van der Waals surface area contributed by atoms with Gasteiger partial charge in [0.1, 0.15) is 10.8 Å². The van der Waals surface area contributed by atoms with Crippen molar-refractivity contribution < 1.29 is 23.9 Å². The number of aromatic amines is 1. The normalized spacial score (nSPS) is 12.7. The number of aryl methyl sites for hydroxylation is 1. The van der Waals surface area contributed by atoms with Crippen molar-refractivity contribution in [1.82, 2.24) is 15.0 Å². The number of benzene rings is 1. The average Bonchev–Trinajstić information content (AvgIpc) is 3.48. The molecule has 0 bridgehead atoms. The van der Waals surface area contributed by atoms with Crippen molar-refractivity contribution in [3.63, 3.8) is 0 Å². The maximum atomic E-state index is 12.6. The highest BCUT2D eigenvalue weighted by atomic mass is 32.1. The third-order valence-corrected chi connectivity index (χ3v) is 7.10. The van der Waals surface area contributed by atoms with Crippen LogP contribution in [0, 0.1) is 0 Å². The summed E-state index contributed by atoms with van der Waals surface area (Å²) < 4.78 is 10.5. The number of hydrogen-bond acceptors (Lipinski definition) is 8. The lowest BCUT2D eigenvalue weighted by Gasteiger charge is -2.12. The molecule has 0 radical (unpaired) electrons. The summed E-state index contributed by atoms with van der Waals surface area (Å²) in [5.41, 5.74) is 3.84. The van der Waals surface area contributed by atoms with E-state index in [1.807, 2.05) is 12.1 Å². The molecule has 0 atom stereocenters. The van der Waals surface area contributed by atoms with Crippen LogP contribution in [0.5, 0.6) is 0 Å². The first-order valence-corrected chi connectivity index (χ1v) is 12.5. The summed E-state index contributed by atoms with van der Waals surface area (Å²) in [5.74, 6) is -0.962. The van der Waals surface area contributed by atoms with Crippen LogP contribution in [-0.2, 0) is 27.1 Å². The molecule has 0 saturated carbocycles. The number of amides is 1. The van der Waals surface area contributed by atoms with Gasteiger partial charge in [0.15, 0.2) is 6.61 Å². The van der Waals surface area contributed by atoms with E-state index in [9.17, 15) is 14.4 Å². The van der Waals surface area contributed by atoms with Crippen LogP contribution in [0.25, 0.3) is 22.4 Å². The van der Waals surface area contributed by atoms with E-state index >= 15 is 0 Å². The first-order valence-electron chi connectivity index (χ1n) is 11.7. The van der Waals surface area contributed by atoms with Gasteiger partial charge in [0.05, 0.1) is 28.8 Å². The Morgan fingerprint density at radius 3 is 2.78 bits per heavy atom. The van der Waals surface area contributed by atoms with Crippen LogP contribution in [0.4, 0.5) is 5.00 Å². The summed E-state index contributed by atoms with van der Waals surface area (Å²) in [7, 11) is 0. The highest BCUT2D eigenvalue weighted by Gasteiger charge is 2.27. The summed E-state index contributed by atoms with van der Waals surface area (Å²) in [6.45, 7) is 1.51. The lowest BCUT2D eigenvalue weighted by atomic mass is 9.95. The number of carbonyl (C=O) groups is 3. The van der Waals surface area contributed by atoms with E-state index < -0.39 is 24.5 Å². The quantitative estimate of drug-likeness (QED) is 0.354.